The second kappa shape index (κ2) is 5.00. The molecule has 112 valence electrons. The standard InChI is InChI=1S/C14H26F2N2O/c1-12(2,3)17-11(19)10-7-8-18(13(4,5)6)9-14(10,15)16/h10H,7-9H2,1-6H3,(H,17,19). The van der Waals surface area contributed by atoms with Gasteiger partial charge in [0.2, 0.25) is 5.91 Å². The van der Waals surface area contributed by atoms with Crippen LogP contribution in [0.25, 0.3) is 0 Å². The first-order chi connectivity index (χ1) is 8.33. The second-order valence-corrected chi connectivity index (χ2v) is 7.43. The Bertz CT molecular complexity index is 342. The molecule has 0 aromatic carbocycles. The molecule has 0 aromatic rings. The summed E-state index contributed by atoms with van der Waals surface area (Å²) in [6, 6.07) is 0. The number of rotatable bonds is 1. The van der Waals surface area contributed by atoms with E-state index in [9.17, 15) is 13.6 Å². The number of carbonyl (C=O) groups is 1. The summed E-state index contributed by atoms with van der Waals surface area (Å²) in [7, 11) is 0. The zero-order chi connectivity index (χ0) is 15.1. The molecule has 0 aliphatic carbocycles. The van der Waals surface area contributed by atoms with Crippen LogP contribution in [0.5, 0.6) is 0 Å². The molecule has 1 rings (SSSR count). The van der Waals surface area contributed by atoms with Crippen LogP contribution in [0.3, 0.4) is 0 Å². The van der Waals surface area contributed by atoms with Crippen LogP contribution >= 0.6 is 0 Å². The average molecular weight is 276 g/mol. The Labute approximate surface area is 114 Å². The van der Waals surface area contributed by atoms with Gasteiger partial charge in [-0.2, -0.15) is 0 Å². The van der Waals surface area contributed by atoms with Gasteiger partial charge in [0.15, 0.2) is 0 Å². The van der Waals surface area contributed by atoms with Gasteiger partial charge in [-0.3, -0.25) is 9.69 Å². The van der Waals surface area contributed by atoms with Crippen molar-refractivity contribution in [3.8, 4) is 0 Å². The highest BCUT2D eigenvalue weighted by Crippen LogP contribution is 2.36. The molecule has 1 heterocycles. The maximum Gasteiger partial charge on any atom is 0.272 e. The van der Waals surface area contributed by atoms with Gasteiger partial charge in [-0.05, 0) is 54.5 Å². The molecular formula is C14H26F2N2O. The van der Waals surface area contributed by atoms with Gasteiger partial charge >= 0.3 is 0 Å². The fourth-order valence-corrected chi connectivity index (χ4v) is 2.29. The highest BCUT2D eigenvalue weighted by atomic mass is 19.3. The zero-order valence-electron chi connectivity index (χ0n) is 12.8. The third kappa shape index (κ3) is 4.41. The molecule has 1 aliphatic heterocycles. The van der Waals surface area contributed by atoms with Crippen molar-refractivity contribution in [1.29, 1.82) is 0 Å². The Kier molecular flexibility index (Phi) is 4.30. The predicted octanol–water partition coefficient (Wildman–Crippen LogP) is 2.66. The monoisotopic (exact) mass is 276 g/mol. The molecule has 1 fully saturated rings. The smallest absolute Gasteiger partial charge is 0.272 e. The fraction of sp³-hybridized carbons (Fsp3) is 0.929. The number of nitrogens with zero attached hydrogens (tertiary/aromatic N) is 1. The summed E-state index contributed by atoms with van der Waals surface area (Å²) < 4.78 is 28.3. The summed E-state index contributed by atoms with van der Waals surface area (Å²) in [4.78, 5) is 13.7. The van der Waals surface area contributed by atoms with E-state index >= 15 is 0 Å². The third-order valence-electron chi connectivity index (χ3n) is 3.36. The molecule has 1 N–H and O–H groups in total. The number of carbonyl (C=O) groups excluding carboxylic acids is 1. The van der Waals surface area contributed by atoms with Gasteiger partial charge < -0.3 is 5.32 Å². The highest BCUT2D eigenvalue weighted by Gasteiger charge is 2.50. The van der Waals surface area contributed by atoms with Crippen LogP contribution in [-0.4, -0.2) is 40.9 Å². The molecule has 0 radical (unpaired) electrons. The van der Waals surface area contributed by atoms with Crippen molar-refractivity contribution < 1.29 is 13.6 Å². The lowest BCUT2D eigenvalue weighted by Gasteiger charge is -2.44. The van der Waals surface area contributed by atoms with Crippen LogP contribution < -0.4 is 5.32 Å². The van der Waals surface area contributed by atoms with E-state index in [2.05, 4.69) is 5.32 Å². The largest absolute Gasteiger partial charge is 0.351 e. The predicted molar refractivity (Wildman–Crippen MR) is 72.3 cm³/mol. The molecule has 0 bridgehead atoms. The van der Waals surface area contributed by atoms with Crippen molar-refractivity contribution in [2.75, 3.05) is 13.1 Å². The minimum atomic E-state index is -2.97. The van der Waals surface area contributed by atoms with E-state index in [0.29, 0.717) is 6.54 Å². The van der Waals surface area contributed by atoms with Gasteiger partial charge in [0.05, 0.1) is 6.54 Å². The lowest BCUT2D eigenvalue weighted by Crippen LogP contribution is -2.59. The number of amides is 1. The van der Waals surface area contributed by atoms with Crippen molar-refractivity contribution in [3.63, 3.8) is 0 Å². The molecule has 1 atom stereocenters. The van der Waals surface area contributed by atoms with Crippen LogP contribution in [0.4, 0.5) is 8.78 Å². The molecule has 0 saturated carbocycles. The van der Waals surface area contributed by atoms with Gasteiger partial charge in [-0.1, -0.05) is 0 Å². The Morgan fingerprint density at radius 3 is 2.11 bits per heavy atom. The van der Waals surface area contributed by atoms with E-state index in [4.69, 9.17) is 0 Å². The quantitative estimate of drug-likeness (QED) is 0.798. The second-order valence-electron chi connectivity index (χ2n) is 7.43. The maximum absolute atomic E-state index is 14.2. The van der Waals surface area contributed by atoms with Crippen molar-refractivity contribution in [2.45, 2.75) is 65.0 Å². The van der Waals surface area contributed by atoms with Crippen LogP contribution in [-0.2, 0) is 4.79 Å². The molecule has 1 saturated heterocycles. The number of hydrogen-bond donors (Lipinski definition) is 1. The first-order valence-electron chi connectivity index (χ1n) is 6.78. The molecule has 5 heteroatoms. The molecule has 1 amide bonds. The fourth-order valence-electron chi connectivity index (χ4n) is 2.29. The first-order valence-corrected chi connectivity index (χ1v) is 6.78. The van der Waals surface area contributed by atoms with E-state index in [-0.39, 0.29) is 18.5 Å². The molecular weight excluding hydrogens is 250 g/mol. The van der Waals surface area contributed by atoms with Crippen molar-refractivity contribution in [1.82, 2.24) is 10.2 Å². The van der Waals surface area contributed by atoms with Crippen LogP contribution in [0, 0.1) is 5.92 Å². The SMILES string of the molecule is CC(C)(C)NC(=O)C1CCN(C(C)(C)C)CC1(F)F. The van der Waals surface area contributed by atoms with Crippen molar-refractivity contribution in [2.24, 2.45) is 5.92 Å². The summed E-state index contributed by atoms with van der Waals surface area (Å²) in [5, 5.41) is 2.66. The van der Waals surface area contributed by atoms with E-state index in [1.54, 1.807) is 25.7 Å². The van der Waals surface area contributed by atoms with E-state index in [1.807, 2.05) is 20.8 Å². The molecule has 19 heavy (non-hydrogen) atoms. The number of piperidine rings is 1. The number of hydrogen-bond acceptors (Lipinski definition) is 2. The average Bonchev–Trinajstić information content (AvgIpc) is 2.10. The van der Waals surface area contributed by atoms with Gasteiger partial charge in [0.25, 0.3) is 5.92 Å². The Morgan fingerprint density at radius 1 is 1.21 bits per heavy atom. The Hall–Kier alpha value is -0.710. The number of alkyl halides is 2. The number of halogens is 2. The summed E-state index contributed by atoms with van der Waals surface area (Å²) in [5.41, 5.74) is -0.775. The molecule has 3 nitrogen and oxygen atoms in total. The third-order valence-corrected chi connectivity index (χ3v) is 3.36. The van der Waals surface area contributed by atoms with E-state index < -0.39 is 23.3 Å². The summed E-state index contributed by atoms with van der Waals surface area (Å²) in [5.74, 6) is -4.72. The van der Waals surface area contributed by atoms with Crippen molar-refractivity contribution >= 4 is 5.91 Å². The van der Waals surface area contributed by atoms with Gasteiger partial charge in [-0.25, -0.2) is 8.78 Å². The summed E-state index contributed by atoms with van der Waals surface area (Å²) >= 11 is 0. The minimum Gasteiger partial charge on any atom is -0.351 e. The van der Waals surface area contributed by atoms with E-state index in [0.717, 1.165) is 0 Å². The molecule has 1 unspecified atom stereocenters. The lowest BCUT2D eigenvalue weighted by molar-refractivity contribution is -0.158. The van der Waals surface area contributed by atoms with Crippen LogP contribution in [0.1, 0.15) is 48.0 Å². The zero-order valence-corrected chi connectivity index (χ0v) is 12.8. The van der Waals surface area contributed by atoms with Gasteiger partial charge in [-0.15, -0.1) is 0 Å². The van der Waals surface area contributed by atoms with E-state index in [1.165, 1.54) is 0 Å². The normalized spacial score (nSPS) is 25.2. The van der Waals surface area contributed by atoms with Gasteiger partial charge in [0.1, 0.15) is 5.92 Å². The molecule has 0 aromatic heterocycles. The molecule has 1 aliphatic rings. The van der Waals surface area contributed by atoms with Gasteiger partial charge in [0, 0.05) is 11.1 Å². The number of nitrogens with one attached hydrogen (secondary N) is 1. The Morgan fingerprint density at radius 2 is 1.74 bits per heavy atom. The highest BCUT2D eigenvalue weighted by molar-refractivity contribution is 5.80. The maximum atomic E-state index is 14.2. The summed E-state index contributed by atoms with van der Waals surface area (Å²) in [6.07, 6.45) is 0.201. The number of likely N-dealkylation sites (tertiary alicyclic amines) is 1. The van der Waals surface area contributed by atoms with Crippen LogP contribution in [0.15, 0.2) is 0 Å². The minimum absolute atomic E-state index is 0.201. The Balaban J connectivity index is 2.77. The molecule has 0 spiro atoms. The first kappa shape index (κ1) is 16.3. The lowest BCUT2D eigenvalue weighted by atomic mass is 9.88. The van der Waals surface area contributed by atoms with Crippen molar-refractivity contribution in [3.05, 3.63) is 0 Å². The topological polar surface area (TPSA) is 32.3 Å². The summed E-state index contributed by atoms with van der Waals surface area (Å²) in [6.45, 7) is 11.3. The van der Waals surface area contributed by atoms with Crippen LogP contribution in [0.2, 0.25) is 0 Å².